The van der Waals surface area contributed by atoms with Crippen molar-refractivity contribution in [2.24, 2.45) is 0 Å². The van der Waals surface area contributed by atoms with Gasteiger partial charge in [0.05, 0.1) is 32.4 Å². The van der Waals surface area contributed by atoms with Crippen LogP contribution in [-0.2, 0) is 15.9 Å². The molecule has 5 rings (SSSR count). The monoisotopic (exact) mass is 500 g/mol. The minimum atomic E-state index is -4.71. The van der Waals surface area contributed by atoms with Gasteiger partial charge in [0.2, 0.25) is 11.7 Å². The number of hydrogen-bond donors (Lipinski definition) is 1. The highest BCUT2D eigenvalue weighted by atomic mass is 32.2. The molecule has 0 bridgehead atoms. The van der Waals surface area contributed by atoms with Gasteiger partial charge >= 0.3 is 6.18 Å². The van der Waals surface area contributed by atoms with Crippen LogP contribution in [0, 0.1) is 23.0 Å². The molecule has 0 spiro atoms. The van der Waals surface area contributed by atoms with E-state index < -0.39 is 21.7 Å². The summed E-state index contributed by atoms with van der Waals surface area (Å²) in [5.41, 5.74) is 1.24. The van der Waals surface area contributed by atoms with Crippen LogP contribution in [0.25, 0.3) is 11.3 Å². The summed E-state index contributed by atoms with van der Waals surface area (Å²) in [7, 11) is -3.27. The number of pyridine rings is 2. The van der Waals surface area contributed by atoms with Gasteiger partial charge in [-0.05, 0) is 50.8 Å². The molecule has 2 saturated carbocycles. The summed E-state index contributed by atoms with van der Waals surface area (Å²) in [4.78, 5) is 15.9. The fourth-order valence-electron chi connectivity index (χ4n) is 3.68. The lowest BCUT2D eigenvalue weighted by Crippen LogP contribution is -2.15. The van der Waals surface area contributed by atoms with Crippen LogP contribution in [-0.4, -0.2) is 29.4 Å². The zero-order chi connectivity index (χ0) is 25.0. The number of aryl methyl sites for hydroxylation is 1. The van der Waals surface area contributed by atoms with E-state index >= 15 is 0 Å². The van der Waals surface area contributed by atoms with Crippen molar-refractivity contribution < 1.29 is 22.1 Å². The van der Waals surface area contributed by atoms with Gasteiger partial charge in [-0.2, -0.15) is 18.4 Å². The summed E-state index contributed by atoms with van der Waals surface area (Å²) >= 11 is 0. The molecule has 3 aromatic heterocycles. The van der Waals surface area contributed by atoms with E-state index in [1.807, 2.05) is 6.07 Å². The van der Waals surface area contributed by atoms with Crippen LogP contribution in [0.4, 0.5) is 13.2 Å². The topological polar surface area (TPSA) is 126 Å². The minimum absolute atomic E-state index is 0.0246. The summed E-state index contributed by atoms with van der Waals surface area (Å²) < 4.78 is 67.9. The number of rotatable bonds is 6. The fourth-order valence-corrected chi connectivity index (χ4v) is 5.46. The van der Waals surface area contributed by atoms with Crippen molar-refractivity contribution in [3.8, 4) is 29.0 Å². The number of nitrogens with one attached hydrogen (secondary N) is 1. The molecule has 35 heavy (non-hydrogen) atoms. The van der Waals surface area contributed by atoms with E-state index in [1.54, 1.807) is 12.1 Å². The zero-order valence-corrected chi connectivity index (χ0v) is 19.3. The van der Waals surface area contributed by atoms with Crippen LogP contribution in [0.5, 0.6) is 11.6 Å². The highest BCUT2D eigenvalue weighted by Gasteiger charge is 2.40. The molecular weight excluding hydrogens is 481 g/mol. The number of nitriles is 1. The average Bonchev–Trinajstić information content (AvgIpc) is 3.71. The Bertz CT molecular complexity index is 1480. The molecular formula is C23H19F3N6O2S. The average molecular weight is 501 g/mol. The Kier molecular flexibility index (Phi) is 5.47. The highest BCUT2D eigenvalue weighted by Crippen LogP contribution is 2.47. The quantitative estimate of drug-likeness (QED) is 0.482. The minimum Gasteiger partial charge on any atom is -0.434 e. The summed E-state index contributed by atoms with van der Waals surface area (Å²) in [6, 6.07) is 6.62. The van der Waals surface area contributed by atoms with Gasteiger partial charge < -0.3 is 4.74 Å². The number of ether oxygens (including phenoxy) is 1. The number of alkyl halides is 3. The lowest BCUT2D eigenvalue weighted by atomic mass is 10.1. The molecule has 8 nitrogen and oxygen atoms in total. The lowest BCUT2D eigenvalue weighted by molar-refractivity contribution is -0.145. The highest BCUT2D eigenvalue weighted by molar-refractivity contribution is 7.93. The van der Waals surface area contributed by atoms with E-state index in [1.165, 1.54) is 25.4 Å². The normalized spacial score (nSPS) is 17.5. The Morgan fingerprint density at radius 1 is 1.14 bits per heavy atom. The third-order valence-corrected chi connectivity index (χ3v) is 8.16. The van der Waals surface area contributed by atoms with Crippen molar-refractivity contribution in [1.82, 2.24) is 19.9 Å². The summed E-state index contributed by atoms with van der Waals surface area (Å²) in [5.74, 6) is -1.57. The summed E-state index contributed by atoms with van der Waals surface area (Å²) in [5, 5.41) is 8.84. The van der Waals surface area contributed by atoms with Gasteiger partial charge in [0.1, 0.15) is 11.0 Å². The SMILES string of the molecule is Cc1nc(C(F)(F)F)nc(C2CC2)c1Oc1nc(-c2cncc(C#N)c2)ccc1S(=N)(=O)C1CC1. The third-order valence-electron chi connectivity index (χ3n) is 5.79. The maximum atomic E-state index is 13.3. The molecule has 2 aliphatic carbocycles. The van der Waals surface area contributed by atoms with E-state index in [4.69, 9.17) is 9.52 Å². The molecule has 1 N–H and O–H groups in total. The second kappa shape index (κ2) is 8.27. The molecule has 0 aliphatic heterocycles. The number of hydrogen-bond acceptors (Lipinski definition) is 8. The molecule has 2 fully saturated rings. The van der Waals surface area contributed by atoms with Crippen molar-refractivity contribution >= 4 is 9.73 Å². The van der Waals surface area contributed by atoms with Crippen molar-refractivity contribution in [1.29, 1.82) is 10.0 Å². The van der Waals surface area contributed by atoms with Crippen molar-refractivity contribution in [2.45, 2.75) is 54.8 Å². The largest absolute Gasteiger partial charge is 0.451 e. The van der Waals surface area contributed by atoms with E-state index in [2.05, 4.69) is 19.9 Å². The van der Waals surface area contributed by atoms with Gasteiger partial charge in [-0.25, -0.2) is 23.9 Å². The molecule has 180 valence electrons. The van der Waals surface area contributed by atoms with Crippen LogP contribution >= 0.6 is 0 Å². The molecule has 0 aromatic carbocycles. The van der Waals surface area contributed by atoms with E-state index in [-0.39, 0.29) is 39.1 Å². The Labute approximate surface area is 199 Å². The van der Waals surface area contributed by atoms with Gasteiger partial charge in [0.15, 0.2) is 5.75 Å². The lowest BCUT2D eigenvalue weighted by Gasteiger charge is -2.18. The number of halogens is 3. The maximum absolute atomic E-state index is 13.3. The van der Waals surface area contributed by atoms with Crippen LogP contribution < -0.4 is 4.74 Å². The second-order valence-corrected chi connectivity index (χ2v) is 10.9. The van der Waals surface area contributed by atoms with Crippen LogP contribution in [0.3, 0.4) is 0 Å². The Morgan fingerprint density at radius 2 is 1.89 bits per heavy atom. The molecule has 3 heterocycles. The predicted molar refractivity (Wildman–Crippen MR) is 118 cm³/mol. The van der Waals surface area contributed by atoms with Gasteiger partial charge in [0, 0.05) is 29.1 Å². The van der Waals surface area contributed by atoms with Crippen molar-refractivity contribution in [3.05, 3.63) is 53.4 Å². The standard InChI is InChI=1S/C23H19F3N6O2S/c1-12-20(19(14-2-3-14)32-22(30-12)23(24,25)26)34-21-18(35(28,33)16-4-5-16)7-6-17(31-21)15-8-13(9-27)10-29-11-15/h6-8,10-11,14,16,28H,2-5H2,1H3. The van der Waals surface area contributed by atoms with Crippen LogP contribution in [0.1, 0.15) is 54.4 Å². The van der Waals surface area contributed by atoms with E-state index in [9.17, 15) is 22.6 Å². The molecule has 0 saturated heterocycles. The molecule has 0 radical (unpaired) electrons. The van der Waals surface area contributed by atoms with Gasteiger partial charge in [0.25, 0.3) is 0 Å². The molecule has 3 aromatic rings. The first-order valence-electron chi connectivity index (χ1n) is 10.9. The second-order valence-electron chi connectivity index (χ2n) is 8.59. The molecule has 2 aliphatic rings. The van der Waals surface area contributed by atoms with Crippen LogP contribution in [0.2, 0.25) is 0 Å². The smallest absolute Gasteiger partial charge is 0.434 e. The summed E-state index contributed by atoms with van der Waals surface area (Å²) in [6.45, 7) is 1.39. The molecule has 1 atom stereocenters. The van der Waals surface area contributed by atoms with E-state index in [0.717, 1.165) is 0 Å². The zero-order valence-electron chi connectivity index (χ0n) is 18.5. The first-order valence-corrected chi connectivity index (χ1v) is 12.5. The van der Waals surface area contributed by atoms with Crippen molar-refractivity contribution in [3.63, 3.8) is 0 Å². The molecule has 1 unspecified atom stereocenters. The van der Waals surface area contributed by atoms with Crippen LogP contribution in [0.15, 0.2) is 35.5 Å². The summed E-state index contributed by atoms with van der Waals surface area (Å²) in [6.07, 6.45) is 0.761. The van der Waals surface area contributed by atoms with Crippen molar-refractivity contribution in [2.75, 3.05) is 0 Å². The number of aromatic nitrogens is 4. The third kappa shape index (κ3) is 4.55. The molecule has 0 amide bonds. The fraction of sp³-hybridized carbons (Fsp3) is 0.348. The van der Waals surface area contributed by atoms with Gasteiger partial charge in [-0.15, -0.1) is 0 Å². The predicted octanol–water partition coefficient (Wildman–Crippen LogP) is 5.37. The van der Waals surface area contributed by atoms with E-state index in [0.29, 0.717) is 42.5 Å². The first kappa shape index (κ1) is 23.2. The number of nitrogens with zero attached hydrogens (tertiary/aromatic N) is 5. The molecule has 12 heteroatoms. The van der Waals surface area contributed by atoms with Gasteiger partial charge in [-0.3, -0.25) is 4.98 Å². The maximum Gasteiger partial charge on any atom is 0.451 e. The van der Waals surface area contributed by atoms with Gasteiger partial charge in [-0.1, -0.05) is 0 Å². The Balaban J connectivity index is 1.65. The Morgan fingerprint density at radius 3 is 2.51 bits per heavy atom. The first-order chi connectivity index (χ1) is 16.6. The Hall–Kier alpha value is -3.59.